The maximum absolute atomic E-state index is 12.4. The van der Waals surface area contributed by atoms with Crippen LogP contribution in [0.3, 0.4) is 0 Å². The number of benzene rings is 1. The van der Waals surface area contributed by atoms with E-state index in [1.807, 2.05) is 19.1 Å². The number of aryl methyl sites for hydroxylation is 1. The van der Waals surface area contributed by atoms with Gasteiger partial charge in [0.1, 0.15) is 10.8 Å². The van der Waals surface area contributed by atoms with E-state index in [0.29, 0.717) is 16.5 Å². The van der Waals surface area contributed by atoms with Gasteiger partial charge in [0.15, 0.2) is 5.65 Å². The van der Waals surface area contributed by atoms with Crippen molar-refractivity contribution in [3.8, 4) is 0 Å². The lowest BCUT2D eigenvalue weighted by atomic mass is 10.0. The van der Waals surface area contributed by atoms with Crippen LogP contribution in [0.25, 0.3) is 5.65 Å². The average Bonchev–Trinajstić information content (AvgIpc) is 2.98. The number of hydrogen-bond donors (Lipinski definition) is 1. The lowest BCUT2D eigenvalue weighted by Crippen LogP contribution is -2.26. The second-order valence-corrected chi connectivity index (χ2v) is 5.76. The highest BCUT2D eigenvalue weighted by molar-refractivity contribution is 6.29. The fraction of sp³-hybridized carbons (Fsp3) is 0.235. The van der Waals surface area contributed by atoms with Crippen molar-refractivity contribution in [2.45, 2.75) is 26.3 Å². The van der Waals surface area contributed by atoms with E-state index in [1.54, 1.807) is 18.3 Å². The van der Waals surface area contributed by atoms with Crippen LogP contribution in [0.2, 0.25) is 5.15 Å². The molecule has 0 fully saturated rings. The molecule has 0 spiro atoms. The van der Waals surface area contributed by atoms with Crippen molar-refractivity contribution >= 4 is 23.2 Å². The molecule has 0 saturated carbocycles. The van der Waals surface area contributed by atoms with Crippen molar-refractivity contribution < 1.29 is 4.79 Å². The van der Waals surface area contributed by atoms with E-state index in [-0.39, 0.29) is 11.9 Å². The van der Waals surface area contributed by atoms with Crippen LogP contribution in [-0.2, 0) is 6.42 Å². The topological polar surface area (TPSA) is 59.3 Å². The molecular weight excluding hydrogens is 312 g/mol. The molecule has 0 saturated heterocycles. The number of imidazole rings is 1. The van der Waals surface area contributed by atoms with Gasteiger partial charge in [0.25, 0.3) is 5.91 Å². The van der Waals surface area contributed by atoms with Gasteiger partial charge in [-0.3, -0.25) is 4.79 Å². The molecule has 118 valence electrons. The van der Waals surface area contributed by atoms with Gasteiger partial charge in [-0.1, -0.05) is 42.8 Å². The van der Waals surface area contributed by atoms with Crippen LogP contribution in [0.4, 0.5) is 0 Å². The molecular formula is C17H17ClN4O. The van der Waals surface area contributed by atoms with E-state index in [0.717, 1.165) is 12.0 Å². The van der Waals surface area contributed by atoms with Crippen LogP contribution >= 0.6 is 11.6 Å². The van der Waals surface area contributed by atoms with Crippen LogP contribution in [0.15, 0.2) is 42.6 Å². The summed E-state index contributed by atoms with van der Waals surface area (Å²) in [4.78, 5) is 16.6. The van der Waals surface area contributed by atoms with Crippen LogP contribution in [-0.4, -0.2) is 20.5 Å². The number of fused-ring (bicyclic) bond motifs is 1. The van der Waals surface area contributed by atoms with Gasteiger partial charge in [0, 0.05) is 0 Å². The zero-order chi connectivity index (χ0) is 16.4. The predicted molar refractivity (Wildman–Crippen MR) is 89.7 cm³/mol. The SMILES string of the molecule is CCc1ccc([C@@H](C)NC(=O)c2cn3nc(Cl)ccc3n2)cc1. The molecule has 0 bridgehead atoms. The summed E-state index contributed by atoms with van der Waals surface area (Å²) in [6, 6.07) is 11.5. The number of halogens is 1. The Labute approximate surface area is 139 Å². The molecule has 1 N–H and O–H groups in total. The normalized spacial score (nSPS) is 12.3. The van der Waals surface area contributed by atoms with Gasteiger partial charge in [0.05, 0.1) is 12.2 Å². The third kappa shape index (κ3) is 3.35. The lowest BCUT2D eigenvalue weighted by molar-refractivity contribution is 0.0935. The van der Waals surface area contributed by atoms with Crippen molar-refractivity contribution in [1.82, 2.24) is 19.9 Å². The van der Waals surface area contributed by atoms with E-state index in [9.17, 15) is 4.79 Å². The van der Waals surface area contributed by atoms with Gasteiger partial charge in [-0.25, -0.2) is 9.50 Å². The van der Waals surface area contributed by atoms with Gasteiger partial charge in [-0.05, 0) is 36.6 Å². The van der Waals surface area contributed by atoms with Gasteiger partial charge in [0.2, 0.25) is 0 Å². The number of nitrogens with one attached hydrogen (secondary N) is 1. The van der Waals surface area contributed by atoms with E-state index >= 15 is 0 Å². The maximum Gasteiger partial charge on any atom is 0.272 e. The molecule has 0 radical (unpaired) electrons. The zero-order valence-corrected chi connectivity index (χ0v) is 13.7. The van der Waals surface area contributed by atoms with Gasteiger partial charge < -0.3 is 5.32 Å². The van der Waals surface area contributed by atoms with Crippen LogP contribution < -0.4 is 5.32 Å². The third-order valence-electron chi connectivity index (χ3n) is 3.76. The summed E-state index contributed by atoms with van der Waals surface area (Å²) in [5.74, 6) is -0.237. The predicted octanol–water partition coefficient (Wildman–Crippen LogP) is 3.44. The number of carbonyl (C=O) groups excluding carboxylic acids is 1. The van der Waals surface area contributed by atoms with Gasteiger partial charge in [-0.15, -0.1) is 0 Å². The number of carbonyl (C=O) groups is 1. The Morgan fingerprint density at radius 2 is 2.00 bits per heavy atom. The Morgan fingerprint density at radius 3 is 2.70 bits per heavy atom. The molecule has 0 aliphatic carbocycles. The second kappa shape index (κ2) is 6.38. The summed E-state index contributed by atoms with van der Waals surface area (Å²) in [6.07, 6.45) is 2.57. The molecule has 0 unspecified atom stereocenters. The monoisotopic (exact) mass is 328 g/mol. The lowest BCUT2D eigenvalue weighted by Gasteiger charge is -2.13. The van der Waals surface area contributed by atoms with Crippen molar-refractivity contribution in [3.63, 3.8) is 0 Å². The molecule has 23 heavy (non-hydrogen) atoms. The van der Waals surface area contributed by atoms with Crippen LogP contribution in [0.5, 0.6) is 0 Å². The second-order valence-electron chi connectivity index (χ2n) is 5.38. The fourth-order valence-electron chi connectivity index (χ4n) is 2.36. The molecule has 1 atom stereocenters. The highest BCUT2D eigenvalue weighted by atomic mass is 35.5. The number of hydrogen-bond acceptors (Lipinski definition) is 3. The van der Waals surface area contributed by atoms with Crippen LogP contribution in [0.1, 0.15) is 41.5 Å². The third-order valence-corrected chi connectivity index (χ3v) is 3.96. The standard InChI is InChI=1S/C17H17ClN4O/c1-3-12-4-6-13(7-5-12)11(2)19-17(23)14-10-22-16(20-14)9-8-15(18)21-22/h4-11H,3H2,1-2H3,(H,19,23)/t11-/m1/s1. The fourth-order valence-corrected chi connectivity index (χ4v) is 2.51. The molecule has 3 rings (SSSR count). The smallest absolute Gasteiger partial charge is 0.272 e. The molecule has 5 nitrogen and oxygen atoms in total. The summed E-state index contributed by atoms with van der Waals surface area (Å²) >= 11 is 5.84. The van der Waals surface area contributed by atoms with Crippen molar-refractivity contribution in [2.75, 3.05) is 0 Å². The van der Waals surface area contributed by atoms with Crippen LogP contribution in [0, 0.1) is 0 Å². The van der Waals surface area contributed by atoms with Gasteiger partial charge in [-0.2, -0.15) is 5.10 Å². The zero-order valence-electron chi connectivity index (χ0n) is 13.0. The quantitative estimate of drug-likeness (QED) is 0.798. The first-order chi connectivity index (χ1) is 11.1. The first kappa shape index (κ1) is 15.5. The minimum Gasteiger partial charge on any atom is -0.344 e. The summed E-state index contributed by atoms with van der Waals surface area (Å²) in [5, 5.41) is 7.38. The van der Waals surface area contributed by atoms with Crippen molar-refractivity contribution in [1.29, 1.82) is 0 Å². The Morgan fingerprint density at radius 1 is 1.26 bits per heavy atom. The molecule has 0 aliphatic rings. The molecule has 0 aliphatic heterocycles. The summed E-state index contributed by atoms with van der Waals surface area (Å²) in [5.41, 5.74) is 3.23. The van der Waals surface area contributed by atoms with E-state index in [4.69, 9.17) is 11.6 Å². The maximum atomic E-state index is 12.4. The summed E-state index contributed by atoms with van der Waals surface area (Å²) < 4.78 is 1.50. The molecule has 1 aromatic carbocycles. The Balaban J connectivity index is 1.76. The Bertz CT molecular complexity index is 841. The van der Waals surface area contributed by atoms with E-state index < -0.39 is 0 Å². The highest BCUT2D eigenvalue weighted by Crippen LogP contribution is 2.15. The summed E-state index contributed by atoms with van der Waals surface area (Å²) in [6.45, 7) is 4.06. The summed E-state index contributed by atoms with van der Waals surface area (Å²) in [7, 11) is 0. The first-order valence-electron chi connectivity index (χ1n) is 7.48. The molecule has 6 heteroatoms. The van der Waals surface area contributed by atoms with Gasteiger partial charge >= 0.3 is 0 Å². The molecule has 2 aromatic heterocycles. The van der Waals surface area contributed by atoms with Crippen molar-refractivity contribution in [2.24, 2.45) is 0 Å². The number of rotatable bonds is 4. The largest absolute Gasteiger partial charge is 0.344 e. The number of aromatic nitrogens is 3. The molecule has 3 aromatic rings. The molecule has 1 amide bonds. The average molecular weight is 329 g/mol. The number of nitrogens with zero attached hydrogens (tertiary/aromatic N) is 3. The van der Waals surface area contributed by atoms with E-state index in [1.165, 1.54) is 10.1 Å². The Kier molecular flexibility index (Phi) is 4.30. The highest BCUT2D eigenvalue weighted by Gasteiger charge is 2.15. The number of amides is 1. The minimum absolute atomic E-state index is 0.102. The Hall–Kier alpha value is -2.40. The minimum atomic E-state index is -0.237. The molecule has 2 heterocycles. The van der Waals surface area contributed by atoms with Crippen molar-refractivity contribution in [3.05, 3.63) is 64.6 Å². The first-order valence-corrected chi connectivity index (χ1v) is 7.86. The van der Waals surface area contributed by atoms with E-state index in [2.05, 4.69) is 34.5 Å².